The summed E-state index contributed by atoms with van der Waals surface area (Å²) in [5.74, 6) is 0. The Morgan fingerprint density at radius 3 is 2.58 bits per heavy atom. The molecule has 1 N–H and O–H groups in total. The highest BCUT2D eigenvalue weighted by Crippen LogP contribution is 2.19. The first-order valence-corrected chi connectivity index (χ1v) is 7.81. The third-order valence-electron chi connectivity index (χ3n) is 3.55. The van der Waals surface area contributed by atoms with Crippen LogP contribution in [0.15, 0.2) is 4.47 Å². The number of aromatic nitrogens is 2. The molecule has 4 nitrogen and oxygen atoms in total. The van der Waals surface area contributed by atoms with Crippen molar-refractivity contribution in [2.24, 2.45) is 7.05 Å². The smallest absolute Gasteiger partial charge is 0.0739 e. The van der Waals surface area contributed by atoms with Crippen molar-refractivity contribution in [2.75, 3.05) is 20.1 Å². The number of nitrogens with zero attached hydrogens (tertiary/aromatic N) is 3. The van der Waals surface area contributed by atoms with E-state index in [1.165, 1.54) is 25.1 Å². The van der Waals surface area contributed by atoms with E-state index in [2.05, 4.69) is 52.1 Å². The van der Waals surface area contributed by atoms with E-state index >= 15 is 0 Å². The first-order valence-electron chi connectivity index (χ1n) is 7.02. The molecule has 0 aliphatic rings. The molecule has 0 radical (unpaired) electrons. The fourth-order valence-electron chi connectivity index (χ4n) is 1.95. The molecule has 0 fully saturated rings. The molecule has 19 heavy (non-hydrogen) atoms. The van der Waals surface area contributed by atoms with Crippen LogP contribution in [0.4, 0.5) is 0 Å². The Hall–Kier alpha value is -0.390. The number of unbranched alkanes of at least 4 members (excludes halogenated alkanes) is 1. The Morgan fingerprint density at radius 2 is 2.05 bits per heavy atom. The maximum absolute atomic E-state index is 4.39. The standard InChI is InChI=1S/C14H27BrN4/c1-11(2)18(4)9-7-6-8-16-10-13-14(15)12(3)17-19(13)5/h11,16H,6-10H2,1-5H3. The monoisotopic (exact) mass is 330 g/mol. The van der Waals surface area contributed by atoms with Crippen LogP contribution in [-0.4, -0.2) is 40.9 Å². The SMILES string of the molecule is Cc1nn(C)c(CNCCCCN(C)C(C)C)c1Br. The minimum Gasteiger partial charge on any atom is -0.311 e. The molecule has 1 rings (SSSR count). The summed E-state index contributed by atoms with van der Waals surface area (Å²) in [6, 6.07) is 0.640. The predicted octanol–water partition coefficient (Wildman–Crippen LogP) is 2.70. The molecule has 1 heterocycles. The predicted molar refractivity (Wildman–Crippen MR) is 84.4 cm³/mol. The molecule has 110 valence electrons. The van der Waals surface area contributed by atoms with Crippen LogP contribution >= 0.6 is 15.9 Å². The van der Waals surface area contributed by atoms with Gasteiger partial charge in [0.05, 0.1) is 15.9 Å². The molecule has 1 aromatic heterocycles. The summed E-state index contributed by atoms with van der Waals surface area (Å²) < 4.78 is 3.07. The summed E-state index contributed by atoms with van der Waals surface area (Å²) >= 11 is 3.59. The van der Waals surface area contributed by atoms with Crippen molar-refractivity contribution >= 4 is 15.9 Å². The van der Waals surface area contributed by atoms with Crippen LogP contribution in [-0.2, 0) is 13.6 Å². The van der Waals surface area contributed by atoms with E-state index in [0.717, 1.165) is 23.3 Å². The van der Waals surface area contributed by atoms with Crippen LogP contribution in [0.5, 0.6) is 0 Å². The first kappa shape index (κ1) is 16.7. The summed E-state index contributed by atoms with van der Waals surface area (Å²) in [6.45, 7) is 9.60. The fraction of sp³-hybridized carbons (Fsp3) is 0.786. The lowest BCUT2D eigenvalue weighted by molar-refractivity contribution is 0.268. The summed E-state index contributed by atoms with van der Waals surface area (Å²) in [4.78, 5) is 2.39. The van der Waals surface area contributed by atoms with Gasteiger partial charge in [0.25, 0.3) is 0 Å². The number of hydrogen-bond donors (Lipinski definition) is 1. The van der Waals surface area contributed by atoms with E-state index < -0.39 is 0 Å². The lowest BCUT2D eigenvalue weighted by Crippen LogP contribution is -2.28. The van der Waals surface area contributed by atoms with Gasteiger partial charge >= 0.3 is 0 Å². The van der Waals surface area contributed by atoms with Crippen LogP contribution in [0.25, 0.3) is 0 Å². The van der Waals surface area contributed by atoms with Gasteiger partial charge in [-0.2, -0.15) is 5.10 Å². The highest BCUT2D eigenvalue weighted by molar-refractivity contribution is 9.10. The summed E-state index contributed by atoms with van der Waals surface area (Å²) in [5, 5.41) is 7.88. The molecule has 0 aliphatic carbocycles. The second-order valence-electron chi connectivity index (χ2n) is 5.43. The van der Waals surface area contributed by atoms with Gasteiger partial charge in [0.15, 0.2) is 0 Å². The summed E-state index contributed by atoms with van der Waals surface area (Å²) in [5.41, 5.74) is 2.27. The van der Waals surface area contributed by atoms with Gasteiger partial charge in [-0.15, -0.1) is 0 Å². The number of halogens is 1. The van der Waals surface area contributed by atoms with Gasteiger partial charge in [-0.1, -0.05) is 0 Å². The van der Waals surface area contributed by atoms with Gasteiger partial charge in [0.1, 0.15) is 0 Å². The van der Waals surface area contributed by atoms with E-state index in [1.807, 2.05) is 18.7 Å². The Labute approximate surface area is 125 Å². The minimum atomic E-state index is 0.640. The second-order valence-corrected chi connectivity index (χ2v) is 6.22. The molecule has 5 heteroatoms. The zero-order chi connectivity index (χ0) is 14.4. The zero-order valence-corrected chi connectivity index (χ0v) is 14.4. The van der Waals surface area contributed by atoms with Crippen LogP contribution < -0.4 is 5.32 Å². The van der Waals surface area contributed by atoms with E-state index in [9.17, 15) is 0 Å². The van der Waals surface area contributed by atoms with Gasteiger partial charge < -0.3 is 10.2 Å². The Balaban J connectivity index is 2.18. The number of rotatable bonds is 8. The van der Waals surface area contributed by atoms with Crippen molar-refractivity contribution in [3.63, 3.8) is 0 Å². The van der Waals surface area contributed by atoms with Crippen molar-refractivity contribution in [1.82, 2.24) is 20.0 Å². The summed E-state index contributed by atoms with van der Waals surface area (Å²) in [6.07, 6.45) is 2.46. The van der Waals surface area contributed by atoms with E-state index in [4.69, 9.17) is 0 Å². The Bertz CT molecular complexity index is 387. The molecule has 0 aliphatic heterocycles. The largest absolute Gasteiger partial charge is 0.311 e. The minimum absolute atomic E-state index is 0.640. The van der Waals surface area contributed by atoms with Gasteiger partial charge in [0.2, 0.25) is 0 Å². The molecule has 0 saturated carbocycles. The molecule has 0 unspecified atom stereocenters. The highest BCUT2D eigenvalue weighted by Gasteiger charge is 2.09. The average Bonchev–Trinajstić information content (AvgIpc) is 2.58. The van der Waals surface area contributed by atoms with Crippen molar-refractivity contribution in [3.05, 3.63) is 15.9 Å². The first-order chi connectivity index (χ1) is 8.93. The fourth-order valence-corrected chi connectivity index (χ4v) is 2.42. The molecular formula is C14H27BrN4. The zero-order valence-electron chi connectivity index (χ0n) is 12.8. The van der Waals surface area contributed by atoms with Gasteiger partial charge in [-0.25, -0.2) is 0 Å². The topological polar surface area (TPSA) is 33.1 Å². The molecule has 0 aromatic carbocycles. The lowest BCUT2D eigenvalue weighted by Gasteiger charge is -2.20. The maximum atomic E-state index is 4.39. The normalized spacial score (nSPS) is 11.8. The van der Waals surface area contributed by atoms with Crippen LogP contribution in [0.1, 0.15) is 38.1 Å². The molecule has 0 saturated heterocycles. The molecular weight excluding hydrogens is 304 g/mol. The van der Waals surface area contributed by atoms with Gasteiger partial charge in [-0.3, -0.25) is 4.68 Å². The summed E-state index contributed by atoms with van der Waals surface area (Å²) in [7, 11) is 4.18. The molecule has 0 spiro atoms. The van der Waals surface area contributed by atoms with E-state index in [-0.39, 0.29) is 0 Å². The second kappa shape index (κ2) is 8.02. The molecule has 0 atom stereocenters. The van der Waals surface area contributed by atoms with Crippen LogP contribution in [0.2, 0.25) is 0 Å². The van der Waals surface area contributed by atoms with Crippen molar-refractivity contribution in [3.8, 4) is 0 Å². The van der Waals surface area contributed by atoms with E-state index in [1.54, 1.807) is 0 Å². The quantitative estimate of drug-likeness (QED) is 0.744. The average molecular weight is 331 g/mol. The van der Waals surface area contributed by atoms with Gasteiger partial charge in [0, 0.05) is 19.6 Å². The number of nitrogens with one attached hydrogen (secondary N) is 1. The number of hydrogen-bond acceptors (Lipinski definition) is 3. The van der Waals surface area contributed by atoms with Crippen molar-refractivity contribution < 1.29 is 0 Å². The van der Waals surface area contributed by atoms with Crippen LogP contribution in [0, 0.1) is 6.92 Å². The van der Waals surface area contributed by atoms with Crippen molar-refractivity contribution in [2.45, 2.75) is 46.2 Å². The Morgan fingerprint density at radius 1 is 1.37 bits per heavy atom. The third-order valence-corrected chi connectivity index (χ3v) is 4.58. The van der Waals surface area contributed by atoms with E-state index in [0.29, 0.717) is 6.04 Å². The molecule has 1 aromatic rings. The maximum Gasteiger partial charge on any atom is 0.0739 e. The highest BCUT2D eigenvalue weighted by atomic mass is 79.9. The van der Waals surface area contributed by atoms with Gasteiger partial charge in [-0.05, 0) is 69.7 Å². The van der Waals surface area contributed by atoms with Crippen LogP contribution in [0.3, 0.4) is 0 Å². The third kappa shape index (κ3) is 5.24. The molecule has 0 amide bonds. The lowest BCUT2D eigenvalue weighted by atomic mass is 10.2. The van der Waals surface area contributed by atoms with Crippen molar-refractivity contribution in [1.29, 1.82) is 0 Å². The number of aryl methyl sites for hydroxylation is 2. The Kier molecular flexibility index (Phi) is 7.04. The molecule has 0 bridgehead atoms.